The number of hydrogen-bond acceptors (Lipinski definition) is 2. The van der Waals surface area contributed by atoms with Gasteiger partial charge in [0.25, 0.3) is 5.56 Å². The molecule has 0 aliphatic rings. The average Bonchev–Trinajstić information content (AvgIpc) is 2.63. The van der Waals surface area contributed by atoms with Gasteiger partial charge in [-0.2, -0.15) is 0 Å². The van der Waals surface area contributed by atoms with Crippen LogP contribution in [0.3, 0.4) is 0 Å². The Balaban J connectivity index is 2.11. The maximum atomic E-state index is 13.1. The van der Waals surface area contributed by atoms with E-state index in [2.05, 4.69) is 15.9 Å². The monoisotopic (exact) mass is 376 g/mol. The molecule has 0 aliphatic carbocycles. The lowest BCUT2D eigenvalue weighted by atomic mass is 10.1. The van der Waals surface area contributed by atoms with E-state index in [0.717, 1.165) is 15.7 Å². The van der Waals surface area contributed by atoms with Crippen LogP contribution in [0.25, 0.3) is 28.0 Å². The fraction of sp³-hybridized carbons (Fsp3) is 0. The van der Waals surface area contributed by atoms with Crippen LogP contribution >= 0.6 is 15.9 Å². The molecule has 4 rings (SSSR count). The van der Waals surface area contributed by atoms with E-state index in [4.69, 9.17) is 4.98 Å². The quantitative estimate of drug-likeness (QED) is 0.502. The van der Waals surface area contributed by atoms with Gasteiger partial charge in [0.1, 0.15) is 5.82 Å². The van der Waals surface area contributed by atoms with E-state index in [1.807, 2.05) is 78.9 Å². The van der Waals surface area contributed by atoms with Crippen molar-refractivity contribution in [3.05, 3.63) is 93.7 Å². The lowest BCUT2D eigenvalue weighted by Crippen LogP contribution is -2.21. The van der Waals surface area contributed by atoms with Gasteiger partial charge in [0.2, 0.25) is 0 Å². The van der Waals surface area contributed by atoms with Gasteiger partial charge in [-0.1, -0.05) is 58.4 Å². The second-order valence-electron chi connectivity index (χ2n) is 5.44. The Morgan fingerprint density at radius 1 is 0.792 bits per heavy atom. The number of fused-ring (bicyclic) bond motifs is 1. The standard InChI is InChI=1S/C20H13BrN2O/c21-15-12-10-14(11-13-15)19-22-18-9-5-4-8-17(18)20(24)23(19)16-6-2-1-3-7-16/h1-13H. The second kappa shape index (κ2) is 6.06. The minimum Gasteiger partial charge on any atom is -0.268 e. The predicted molar refractivity (Wildman–Crippen MR) is 100 cm³/mol. The number of para-hydroxylation sites is 2. The van der Waals surface area contributed by atoms with Crippen molar-refractivity contribution in [2.24, 2.45) is 0 Å². The first kappa shape index (κ1) is 14.8. The maximum absolute atomic E-state index is 13.1. The van der Waals surface area contributed by atoms with E-state index in [0.29, 0.717) is 16.7 Å². The van der Waals surface area contributed by atoms with Crippen LogP contribution in [0.5, 0.6) is 0 Å². The molecule has 0 atom stereocenters. The van der Waals surface area contributed by atoms with Crippen molar-refractivity contribution in [3.63, 3.8) is 0 Å². The molecule has 0 unspecified atom stereocenters. The van der Waals surface area contributed by atoms with Gasteiger partial charge in [-0.25, -0.2) is 4.98 Å². The van der Waals surface area contributed by atoms with Gasteiger partial charge < -0.3 is 0 Å². The van der Waals surface area contributed by atoms with Gasteiger partial charge in [-0.15, -0.1) is 0 Å². The molecule has 0 fully saturated rings. The molecule has 0 N–H and O–H groups in total. The van der Waals surface area contributed by atoms with E-state index in [9.17, 15) is 4.79 Å². The van der Waals surface area contributed by atoms with Crippen molar-refractivity contribution in [2.45, 2.75) is 0 Å². The van der Waals surface area contributed by atoms with Crippen LogP contribution in [0.2, 0.25) is 0 Å². The Morgan fingerprint density at radius 2 is 1.46 bits per heavy atom. The van der Waals surface area contributed by atoms with E-state index in [1.54, 1.807) is 4.57 Å². The van der Waals surface area contributed by atoms with Gasteiger partial charge in [-0.3, -0.25) is 9.36 Å². The lowest BCUT2D eigenvalue weighted by Gasteiger charge is -2.14. The first-order valence-corrected chi connectivity index (χ1v) is 8.36. The molecule has 116 valence electrons. The van der Waals surface area contributed by atoms with Crippen molar-refractivity contribution in [1.82, 2.24) is 9.55 Å². The molecule has 0 bridgehead atoms. The second-order valence-corrected chi connectivity index (χ2v) is 6.35. The molecule has 1 heterocycles. The summed E-state index contributed by atoms with van der Waals surface area (Å²) in [4.78, 5) is 17.9. The lowest BCUT2D eigenvalue weighted by molar-refractivity contribution is 0.976. The minimum absolute atomic E-state index is 0.0651. The topological polar surface area (TPSA) is 34.9 Å². The first-order chi connectivity index (χ1) is 11.7. The van der Waals surface area contributed by atoms with Gasteiger partial charge in [-0.05, 0) is 36.4 Å². The minimum atomic E-state index is -0.0651. The Labute approximate surface area is 147 Å². The van der Waals surface area contributed by atoms with E-state index in [-0.39, 0.29) is 5.56 Å². The fourth-order valence-corrected chi connectivity index (χ4v) is 3.01. The smallest absolute Gasteiger partial charge is 0.266 e. The molecular weight excluding hydrogens is 364 g/mol. The van der Waals surface area contributed by atoms with Crippen molar-refractivity contribution in [1.29, 1.82) is 0 Å². The molecule has 0 aliphatic heterocycles. The van der Waals surface area contributed by atoms with Crippen LogP contribution in [0.4, 0.5) is 0 Å². The van der Waals surface area contributed by atoms with Crippen LogP contribution in [-0.2, 0) is 0 Å². The third-order valence-corrected chi connectivity index (χ3v) is 4.42. The molecule has 3 aromatic carbocycles. The molecule has 0 radical (unpaired) electrons. The summed E-state index contributed by atoms with van der Waals surface area (Å²) in [6.45, 7) is 0. The number of halogens is 1. The summed E-state index contributed by atoms with van der Waals surface area (Å²) >= 11 is 3.45. The zero-order valence-corrected chi connectivity index (χ0v) is 14.3. The number of nitrogens with zero attached hydrogens (tertiary/aromatic N) is 2. The third-order valence-electron chi connectivity index (χ3n) is 3.89. The highest BCUT2D eigenvalue weighted by Crippen LogP contribution is 2.23. The Hall–Kier alpha value is -2.72. The van der Waals surface area contributed by atoms with Crippen LogP contribution in [0.15, 0.2) is 88.1 Å². The van der Waals surface area contributed by atoms with Crippen LogP contribution in [0.1, 0.15) is 0 Å². The molecule has 3 nitrogen and oxygen atoms in total. The summed E-state index contributed by atoms with van der Waals surface area (Å²) in [6.07, 6.45) is 0. The molecule has 1 aromatic heterocycles. The van der Waals surface area contributed by atoms with E-state index < -0.39 is 0 Å². The zero-order chi connectivity index (χ0) is 16.5. The Bertz CT molecular complexity index is 1070. The molecule has 0 amide bonds. The van der Waals surface area contributed by atoms with Gasteiger partial charge in [0, 0.05) is 10.0 Å². The highest BCUT2D eigenvalue weighted by atomic mass is 79.9. The average molecular weight is 377 g/mol. The highest BCUT2D eigenvalue weighted by Gasteiger charge is 2.13. The van der Waals surface area contributed by atoms with Crippen molar-refractivity contribution in [2.75, 3.05) is 0 Å². The normalized spacial score (nSPS) is 10.9. The van der Waals surface area contributed by atoms with Crippen molar-refractivity contribution >= 4 is 26.8 Å². The summed E-state index contributed by atoms with van der Waals surface area (Å²) in [5, 5.41) is 0.613. The SMILES string of the molecule is O=c1c2ccccc2nc(-c2ccc(Br)cc2)n1-c1ccccc1. The van der Waals surface area contributed by atoms with Gasteiger partial charge in [0.15, 0.2) is 0 Å². The third kappa shape index (κ3) is 2.55. The molecule has 24 heavy (non-hydrogen) atoms. The van der Waals surface area contributed by atoms with Crippen molar-refractivity contribution in [3.8, 4) is 17.1 Å². The molecule has 4 heteroatoms. The summed E-state index contributed by atoms with van der Waals surface area (Å²) in [5.74, 6) is 0.636. The molecule has 4 aromatic rings. The largest absolute Gasteiger partial charge is 0.268 e. The molecular formula is C20H13BrN2O. The number of rotatable bonds is 2. The summed E-state index contributed by atoms with van der Waals surface area (Å²) in [6, 6.07) is 24.9. The maximum Gasteiger partial charge on any atom is 0.266 e. The Kier molecular flexibility index (Phi) is 3.75. The summed E-state index contributed by atoms with van der Waals surface area (Å²) in [5.41, 5.74) is 2.33. The summed E-state index contributed by atoms with van der Waals surface area (Å²) in [7, 11) is 0. The van der Waals surface area contributed by atoms with E-state index in [1.165, 1.54) is 0 Å². The first-order valence-electron chi connectivity index (χ1n) is 7.57. The number of aromatic nitrogens is 2. The molecule has 0 spiro atoms. The van der Waals surface area contributed by atoms with Gasteiger partial charge >= 0.3 is 0 Å². The fourth-order valence-electron chi connectivity index (χ4n) is 2.74. The summed E-state index contributed by atoms with van der Waals surface area (Å²) < 4.78 is 2.66. The van der Waals surface area contributed by atoms with Crippen LogP contribution in [-0.4, -0.2) is 9.55 Å². The van der Waals surface area contributed by atoms with Crippen molar-refractivity contribution < 1.29 is 0 Å². The van der Waals surface area contributed by atoms with Crippen LogP contribution in [0, 0.1) is 0 Å². The predicted octanol–water partition coefficient (Wildman–Crippen LogP) is 4.82. The van der Waals surface area contributed by atoms with E-state index >= 15 is 0 Å². The number of benzene rings is 3. The van der Waals surface area contributed by atoms with Crippen LogP contribution < -0.4 is 5.56 Å². The highest BCUT2D eigenvalue weighted by molar-refractivity contribution is 9.10. The van der Waals surface area contributed by atoms with Gasteiger partial charge in [0.05, 0.1) is 16.6 Å². The molecule has 0 saturated carbocycles. The zero-order valence-electron chi connectivity index (χ0n) is 12.7. The number of hydrogen-bond donors (Lipinski definition) is 0. The molecule has 0 saturated heterocycles. The Morgan fingerprint density at radius 3 is 2.21 bits per heavy atom.